The Hall–Kier alpha value is -1.43. The van der Waals surface area contributed by atoms with Crippen molar-refractivity contribution in [2.45, 2.75) is 18.8 Å². The van der Waals surface area contributed by atoms with Crippen LogP contribution >= 0.6 is 38.9 Å². The lowest BCUT2D eigenvalue weighted by molar-refractivity contribution is 0.0707. The number of rotatable bonds is 2. The highest BCUT2D eigenvalue weighted by Crippen LogP contribution is 2.34. The number of carbonyl (C=O) groups is 1. The van der Waals surface area contributed by atoms with Gasteiger partial charge < -0.3 is 4.90 Å². The fourth-order valence-corrected chi connectivity index (χ4v) is 4.91. The molecule has 25 heavy (non-hydrogen) atoms. The van der Waals surface area contributed by atoms with Crippen molar-refractivity contribution < 1.29 is 4.79 Å². The summed E-state index contributed by atoms with van der Waals surface area (Å²) in [5.74, 6) is 0.290. The van der Waals surface area contributed by atoms with E-state index in [1.54, 1.807) is 23.5 Å². The van der Waals surface area contributed by atoms with Crippen molar-refractivity contribution in [3.8, 4) is 0 Å². The lowest BCUT2D eigenvalue weighted by atomic mass is 9.98. The number of hydrogen-bond donors (Lipinski definition) is 0. The number of amides is 1. The second-order valence-electron chi connectivity index (χ2n) is 6.23. The first-order valence-electron chi connectivity index (χ1n) is 8.21. The molecule has 1 amide bonds. The van der Waals surface area contributed by atoms with Crippen LogP contribution in [0, 0.1) is 0 Å². The summed E-state index contributed by atoms with van der Waals surface area (Å²) in [6.45, 7) is 1.46. The number of para-hydroxylation sites is 1. The van der Waals surface area contributed by atoms with E-state index in [-0.39, 0.29) is 5.91 Å². The highest BCUT2D eigenvalue weighted by atomic mass is 79.9. The number of halogens is 2. The van der Waals surface area contributed by atoms with Crippen molar-refractivity contribution in [3.05, 3.63) is 62.5 Å². The molecule has 1 fully saturated rings. The van der Waals surface area contributed by atoms with Crippen LogP contribution in [-0.2, 0) is 0 Å². The van der Waals surface area contributed by atoms with Gasteiger partial charge in [0.1, 0.15) is 0 Å². The average molecular weight is 436 g/mol. The molecule has 0 unspecified atom stereocenters. The van der Waals surface area contributed by atoms with Gasteiger partial charge in [0.15, 0.2) is 0 Å². The maximum Gasteiger partial charge on any atom is 0.255 e. The van der Waals surface area contributed by atoms with Crippen LogP contribution in [0.4, 0.5) is 0 Å². The van der Waals surface area contributed by atoms with Crippen molar-refractivity contribution >= 4 is 55.0 Å². The summed E-state index contributed by atoms with van der Waals surface area (Å²) in [5, 5.41) is 1.62. The van der Waals surface area contributed by atoms with Crippen LogP contribution in [0.1, 0.15) is 34.1 Å². The summed E-state index contributed by atoms with van der Waals surface area (Å²) in [7, 11) is 0. The number of hydrogen-bond acceptors (Lipinski definition) is 3. The smallest absolute Gasteiger partial charge is 0.255 e. The zero-order valence-electron chi connectivity index (χ0n) is 13.4. The van der Waals surface area contributed by atoms with Crippen LogP contribution in [0.2, 0.25) is 5.02 Å². The van der Waals surface area contributed by atoms with E-state index in [0.29, 0.717) is 23.0 Å². The number of carbonyl (C=O) groups excluding carboxylic acids is 1. The molecule has 1 atom stereocenters. The van der Waals surface area contributed by atoms with Crippen molar-refractivity contribution in [3.63, 3.8) is 0 Å². The zero-order chi connectivity index (χ0) is 17.4. The van der Waals surface area contributed by atoms with E-state index in [1.807, 2.05) is 29.2 Å². The van der Waals surface area contributed by atoms with E-state index in [4.69, 9.17) is 16.6 Å². The topological polar surface area (TPSA) is 33.2 Å². The Morgan fingerprint density at radius 2 is 2.12 bits per heavy atom. The van der Waals surface area contributed by atoms with Crippen molar-refractivity contribution in [2.24, 2.45) is 0 Å². The fourth-order valence-electron chi connectivity index (χ4n) is 3.26. The first kappa shape index (κ1) is 17.0. The average Bonchev–Trinajstić information content (AvgIpc) is 3.07. The molecule has 3 aromatic rings. The molecule has 128 valence electrons. The number of likely N-dealkylation sites (tertiary alicyclic amines) is 1. The van der Waals surface area contributed by atoms with Gasteiger partial charge in [-0.3, -0.25) is 4.79 Å². The third kappa shape index (κ3) is 3.46. The van der Waals surface area contributed by atoms with Crippen LogP contribution in [0.15, 0.2) is 46.9 Å². The number of aromatic nitrogens is 1. The highest BCUT2D eigenvalue weighted by molar-refractivity contribution is 9.10. The van der Waals surface area contributed by atoms with Gasteiger partial charge in [-0.25, -0.2) is 4.98 Å². The number of nitrogens with zero attached hydrogens (tertiary/aromatic N) is 2. The van der Waals surface area contributed by atoms with E-state index in [0.717, 1.165) is 34.4 Å². The Balaban J connectivity index is 1.58. The third-order valence-corrected chi connectivity index (χ3v) is 6.55. The predicted octanol–water partition coefficient (Wildman–Crippen LogP) is 5.73. The van der Waals surface area contributed by atoms with E-state index < -0.39 is 0 Å². The molecule has 2 heterocycles. The van der Waals surface area contributed by atoms with Gasteiger partial charge in [0.2, 0.25) is 0 Å². The van der Waals surface area contributed by atoms with Gasteiger partial charge in [0.25, 0.3) is 5.91 Å². The Kier molecular flexibility index (Phi) is 4.80. The number of benzene rings is 2. The molecule has 1 saturated heterocycles. The van der Waals surface area contributed by atoms with Crippen LogP contribution in [0.5, 0.6) is 0 Å². The Bertz CT molecular complexity index is 909. The monoisotopic (exact) mass is 434 g/mol. The van der Waals surface area contributed by atoms with Gasteiger partial charge in [0, 0.05) is 23.5 Å². The van der Waals surface area contributed by atoms with Gasteiger partial charge in [-0.05, 0) is 43.2 Å². The molecule has 1 aromatic heterocycles. The van der Waals surface area contributed by atoms with Crippen LogP contribution in [0.25, 0.3) is 10.2 Å². The van der Waals surface area contributed by atoms with Crippen LogP contribution < -0.4 is 0 Å². The lowest BCUT2D eigenvalue weighted by Gasteiger charge is -2.32. The minimum atomic E-state index is -0.00267. The van der Waals surface area contributed by atoms with Gasteiger partial charge in [-0.1, -0.05) is 39.7 Å². The second-order valence-corrected chi connectivity index (χ2v) is 8.62. The summed E-state index contributed by atoms with van der Waals surface area (Å²) in [4.78, 5) is 19.6. The van der Waals surface area contributed by atoms with Crippen LogP contribution in [0.3, 0.4) is 0 Å². The summed E-state index contributed by atoms with van der Waals surface area (Å²) in [6.07, 6.45) is 2.05. The van der Waals surface area contributed by atoms with Crippen LogP contribution in [-0.4, -0.2) is 28.9 Å². The molecule has 0 spiro atoms. The molecule has 4 rings (SSSR count). The summed E-state index contributed by atoms with van der Waals surface area (Å²) in [6, 6.07) is 13.6. The molecule has 2 aromatic carbocycles. The lowest BCUT2D eigenvalue weighted by Crippen LogP contribution is -2.39. The first-order chi connectivity index (χ1) is 12.1. The van der Waals surface area contributed by atoms with Gasteiger partial charge in [-0.15, -0.1) is 11.3 Å². The maximum atomic E-state index is 12.9. The summed E-state index contributed by atoms with van der Waals surface area (Å²) >= 11 is 11.4. The van der Waals surface area contributed by atoms with E-state index >= 15 is 0 Å². The van der Waals surface area contributed by atoms with Gasteiger partial charge >= 0.3 is 0 Å². The molecule has 1 aliphatic heterocycles. The number of piperidine rings is 1. The maximum absolute atomic E-state index is 12.9. The molecule has 6 heteroatoms. The first-order valence-corrected chi connectivity index (χ1v) is 10.2. The molecule has 0 saturated carbocycles. The van der Waals surface area contributed by atoms with Crippen molar-refractivity contribution in [1.82, 2.24) is 9.88 Å². The molecule has 1 aliphatic rings. The predicted molar refractivity (Wildman–Crippen MR) is 107 cm³/mol. The number of thiazole rings is 1. The third-order valence-electron chi connectivity index (χ3n) is 4.53. The highest BCUT2D eigenvalue weighted by Gasteiger charge is 2.28. The fraction of sp³-hybridized carbons (Fsp3) is 0.263. The molecule has 0 radical (unpaired) electrons. The normalized spacial score (nSPS) is 17.8. The molecule has 3 nitrogen and oxygen atoms in total. The molecule has 0 aliphatic carbocycles. The molecule has 0 N–H and O–H groups in total. The minimum absolute atomic E-state index is 0.00267. The Morgan fingerprint density at radius 3 is 2.96 bits per heavy atom. The molecule has 0 bridgehead atoms. The summed E-state index contributed by atoms with van der Waals surface area (Å²) in [5.41, 5.74) is 1.60. The summed E-state index contributed by atoms with van der Waals surface area (Å²) < 4.78 is 2.07. The van der Waals surface area contributed by atoms with E-state index in [9.17, 15) is 4.79 Å². The van der Waals surface area contributed by atoms with E-state index in [1.165, 1.54) is 4.70 Å². The quantitative estimate of drug-likeness (QED) is 0.515. The SMILES string of the molecule is O=C(c1cc(Br)ccc1Cl)N1CCC[C@H](c2nc3ccccc3s2)C1. The number of fused-ring (bicyclic) bond motifs is 1. The van der Waals surface area contributed by atoms with Gasteiger partial charge in [0.05, 0.1) is 25.8 Å². The van der Waals surface area contributed by atoms with Crippen molar-refractivity contribution in [2.75, 3.05) is 13.1 Å². The molecular formula is C19H16BrClN2OS. The van der Waals surface area contributed by atoms with Gasteiger partial charge in [-0.2, -0.15) is 0 Å². The zero-order valence-corrected chi connectivity index (χ0v) is 16.6. The Labute approximate surface area is 163 Å². The minimum Gasteiger partial charge on any atom is -0.338 e. The largest absolute Gasteiger partial charge is 0.338 e. The second kappa shape index (κ2) is 7.06. The van der Waals surface area contributed by atoms with Crippen molar-refractivity contribution in [1.29, 1.82) is 0 Å². The molecular weight excluding hydrogens is 420 g/mol. The van der Waals surface area contributed by atoms with E-state index in [2.05, 4.69) is 22.0 Å². The standard InChI is InChI=1S/C19H16BrClN2OS/c20-13-7-8-15(21)14(10-13)19(24)23-9-3-4-12(11-23)18-22-16-5-1-2-6-17(16)25-18/h1-2,5-8,10,12H,3-4,9,11H2/t12-/m0/s1. The Morgan fingerprint density at radius 1 is 1.28 bits per heavy atom.